The molecule has 2 aliphatic rings. The van der Waals surface area contributed by atoms with Crippen LogP contribution in [0.15, 0.2) is 30.3 Å². The van der Waals surface area contributed by atoms with Gasteiger partial charge in [0.05, 0.1) is 30.1 Å². The molecule has 0 unspecified atom stereocenters. The van der Waals surface area contributed by atoms with E-state index in [1.54, 1.807) is 6.07 Å². The van der Waals surface area contributed by atoms with Crippen LogP contribution in [-0.4, -0.2) is 39.1 Å². The Morgan fingerprint density at radius 1 is 1.15 bits per heavy atom. The number of hydrogen-bond acceptors (Lipinski definition) is 4. The van der Waals surface area contributed by atoms with Crippen LogP contribution in [-0.2, 0) is 43.6 Å². The van der Waals surface area contributed by atoms with E-state index in [1.165, 1.54) is 30.0 Å². The molecule has 0 atom stereocenters. The maximum atomic E-state index is 15.8. The van der Waals surface area contributed by atoms with Crippen LogP contribution in [0.4, 0.5) is 4.39 Å². The van der Waals surface area contributed by atoms with Crippen LogP contribution in [0.5, 0.6) is 5.75 Å². The molecule has 210 valence electrons. The molecule has 7 nitrogen and oxygen atoms in total. The number of hydrogen-bond donors (Lipinski definition) is 2. The van der Waals surface area contributed by atoms with Gasteiger partial charge < -0.3 is 19.1 Å². The standard InChI is InChI=1S/C32H36FN3O4/c1-2-25-29-26(35-34-25)19-39-17-6-5-16-36-30-23(14-15-24(33)28(29)30)22(31(36)32(37)38)12-8-18-40-27-13-7-10-20-9-3-4-11-21(20)27/h7,10,13-15H,2-6,8-9,11-12,16-19H2,1H3,(H,34,35)(H,37,38). The molecular weight excluding hydrogens is 509 g/mol. The largest absolute Gasteiger partial charge is 0.493 e. The molecule has 4 aromatic rings. The first kappa shape index (κ1) is 26.6. The lowest BCUT2D eigenvalue weighted by atomic mass is 9.91. The second-order valence-electron chi connectivity index (χ2n) is 10.8. The van der Waals surface area contributed by atoms with E-state index in [2.05, 4.69) is 22.3 Å². The Labute approximate surface area is 233 Å². The number of fused-ring (bicyclic) bond motifs is 3. The van der Waals surface area contributed by atoms with Crippen molar-refractivity contribution in [2.45, 2.75) is 77.9 Å². The average Bonchev–Trinajstić information content (AvgIpc) is 3.50. The Kier molecular flexibility index (Phi) is 7.61. The summed E-state index contributed by atoms with van der Waals surface area (Å²) in [7, 11) is 0. The van der Waals surface area contributed by atoms with E-state index in [-0.39, 0.29) is 11.5 Å². The van der Waals surface area contributed by atoms with Crippen LogP contribution in [0.3, 0.4) is 0 Å². The summed E-state index contributed by atoms with van der Waals surface area (Å²) >= 11 is 0. The van der Waals surface area contributed by atoms with Gasteiger partial charge in [0.2, 0.25) is 0 Å². The van der Waals surface area contributed by atoms with E-state index in [0.717, 1.165) is 53.8 Å². The van der Waals surface area contributed by atoms with Gasteiger partial charge in [0.15, 0.2) is 0 Å². The van der Waals surface area contributed by atoms with Crippen molar-refractivity contribution in [2.24, 2.45) is 0 Å². The number of aryl methyl sites for hydroxylation is 4. The highest BCUT2D eigenvalue weighted by Gasteiger charge is 2.29. The maximum Gasteiger partial charge on any atom is 0.352 e. The van der Waals surface area contributed by atoms with Crippen molar-refractivity contribution < 1.29 is 23.8 Å². The van der Waals surface area contributed by atoms with Crippen molar-refractivity contribution in [3.05, 3.63) is 69.9 Å². The third-order valence-corrected chi connectivity index (χ3v) is 8.33. The minimum Gasteiger partial charge on any atom is -0.493 e. The quantitative estimate of drug-likeness (QED) is 0.254. The normalized spacial score (nSPS) is 15.3. The Morgan fingerprint density at radius 2 is 2.02 bits per heavy atom. The minimum atomic E-state index is -0.996. The van der Waals surface area contributed by atoms with Crippen molar-refractivity contribution in [2.75, 3.05) is 13.2 Å². The molecule has 3 heterocycles. The van der Waals surface area contributed by atoms with E-state index in [1.807, 2.05) is 17.6 Å². The SMILES string of the molecule is CCc1n[nH]c2c1-c1c(F)ccc3c(CCCOc4cccc5c4CCCC5)c(C(=O)O)n(c13)CCCCOC2. The Bertz CT molecular complexity index is 1550. The third-order valence-electron chi connectivity index (χ3n) is 8.33. The number of aromatic carboxylic acids is 1. The Balaban J connectivity index is 1.40. The molecule has 0 saturated carbocycles. The number of aromatic nitrogens is 3. The van der Waals surface area contributed by atoms with Gasteiger partial charge in [0.25, 0.3) is 0 Å². The molecule has 0 amide bonds. The molecule has 8 heteroatoms. The number of ether oxygens (including phenoxy) is 2. The lowest BCUT2D eigenvalue weighted by Crippen LogP contribution is -2.12. The molecule has 1 aliphatic heterocycles. The summed E-state index contributed by atoms with van der Waals surface area (Å²) in [6, 6.07) is 9.48. The van der Waals surface area contributed by atoms with E-state index in [4.69, 9.17) is 9.47 Å². The number of carbonyl (C=O) groups is 1. The zero-order valence-electron chi connectivity index (χ0n) is 23.0. The second-order valence-corrected chi connectivity index (χ2v) is 10.8. The zero-order valence-corrected chi connectivity index (χ0v) is 23.0. The van der Waals surface area contributed by atoms with Crippen molar-refractivity contribution >= 4 is 16.9 Å². The monoisotopic (exact) mass is 545 g/mol. The fourth-order valence-corrected chi connectivity index (χ4v) is 6.49. The molecule has 2 N–H and O–H groups in total. The molecule has 0 radical (unpaired) electrons. The number of carboxylic acids is 1. The predicted molar refractivity (Wildman–Crippen MR) is 152 cm³/mol. The van der Waals surface area contributed by atoms with Crippen LogP contribution in [0.2, 0.25) is 0 Å². The highest BCUT2D eigenvalue weighted by atomic mass is 19.1. The number of aromatic amines is 1. The van der Waals surface area contributed by atoms with Gasteiger partial charge in [-0.3, -0.25) is 5.10 Å². The molecule has 0 spiro atoms. The van der Waals surface area contributed by atoms with Crippen LogP contribution < -0.4 is 4.74 Å². The Morgan fingerprint density at radius 3 is 2.88 bits per heavy atom. The highest BCUT2D eigenvalue weighted by molar-refractivity contribution is 6.04. The zero-order chi connectivity index (χ0) is 27.6. The van der Waals surface area contributed by atoms with Crippen molar-refractivity contribution in [1.29, 1.82) is 0 Å². The van der Waals surface area contributed by atoms with Gasteiger partial charge in [-0.15, -0.1) is 0 Å². The van der Waals surface area contributed by atoms with Gasteiger partial charge >= 0.3 is 5.97 Å². The molecular formula is C32H36FN3O4. The number of rotatable bonds is 7. The number of nitrogens with zero attached hydrogens (tertiary/aromatic N) is 2. The van der Waals surface area contributed by atoms with Gasteiger partial charge in [-0.05, 0) is 92.7 Å². The van der Waals surface area contributed by atoms with Gasteiger partial charge in [-0.2, -0.15) is 5.10 Å². The first-order valence-electron chi connectivity index (χ1n) is 14.5. The fourth-order valence-electron chi connectivity index (χ4n) is 6.49. The van der Waals surface area contributed by atoms with Gasteiger partial charge in [0.1, 0.15) is 17.3 Å². The van der Waals surface area contributed by atoms with Crippen LogP contribution in [0, 0.1) is 5.82 Å². The number of halogens is 1. The highest BCUT2D eigenvalue weighted by Crippen LogP contribution is 2.40. The summed E-state index contributed by atoms with van der Waals surface area (Å²) in [4.78, 5) is 12.8. The lowest BCUT2D eigenvalue weighted by Gasteiger charge is -2.19. The second kappa shape index (κ2) is 11.5. The van der Waals surface area contributed by atoms with E-state index in [9.17, 15) is 9.90 Å². The number of carboxylic acid groups (broad SMARTS) is 1. The fraction of sp³-hybridized carbons (Fsp3) is 0.438. The minimum absolute atomic E-state index is 0.238. The van der Waals surface area contributed by atoms with Gasteiger partial charge in [-0.25, -0.2) is 9.18 Å². The van der Waals surface area contributed by atoms with Crippen molar-refractivity contribution in [1.82, 2.24) is 14.8 Å². The topological polar surface area (TPSA) is 89.4 Å². The molecule has 0 saturated heterocycles. The number of benzene rings is 2. The van der Waals surface area contributed by atoms with Crippen LogP contribution in [0.1, 0.15) is 77.6 Å². The molecule has 2 aromatic carbocycles. The first-order chi connectivity index (χ1) is 19.6. The average molecular weight is 546 g/mol. The van der Waals surface area contributed by atoms with E-state index < -0.39 is 5.97 Å². The summed E-state index contributed by atoms with van der Waals surface area (Å²) in [5, 5.41) is 18.7. The van der Waals surface area contributed by atoms with Crippen molar-refractivity contribution in [3.63, 3.8) is 0 Å². The van der Waals surface area contributed by atoms with Gasteiger partial charge in [-0.1, -0.05) is 19.1 Å². The Hall–Kier alpha value is -3.65. The smallest absolute Gasteiger partial charge is 0.352 e. The lowest BCUT2D eigenvalue weighted by molar-refractivity contribution is 0.0683. The summed E-state index contributed by atoms with van der Waals surface area (Å²) in [5.41, 5.74) is 6.84. The number of nitrogens with one attached hydrogen (secondary N) is 1. The summed E-state index contributed by atoms with van der Waals surface area (Å²) in [5.74, 6) is -0.438. The van der Waals surface area contributed by atoms with Gasteiger partial charge in [0, 0.05) is 29.7 Å². The van der Waals surface area contributed by atoms with E-state index in [0.29, 0.717) is 62.3 Å². The third kappa shape index (κ3) is 4.79. The van der Waals surface area contributed by atoms with Crippen molar-refractivity contribution in [3.8, 4) is 16.9 Å². The molecule has 6 rings (SSSR count). The summed E-state index contributed by atoms with van der Waals surface area (Å²) in [6.07, 6.45) is 7.82. The molecule has 2 aromatic heterocycles. The van der Waals surface area contributed by atoms with E-state index >= 15 is 4.39 Å². The first-order valence-corrected chi connectivity index (χ1v) is 14.5. The summed E-state index contributed by atoms with van der Waals surface area (Å²) in [6.45, 7) is 3.78. The molecule has 0 fully saturated rings. The summed E-state index contributed by atoms with van der Waals surface area (Å²) < 4.78 is 29.7. The molecule has 1 aliphatic carbocycles. The maximum absolute atomic E-state index is 15.8. The van der Waals surface area contributed by atoms with Crippen LogP contribution in [0.25, 0.3) is 22.0 Å². The van der Waals surface area contributed by atoms with Crippen LogP contribution >= 0.6 is 0 Å². The molecule has 0 bridgehead atoms. The molecule has 40 heavy (non-hydrogen) atoms. The predicted octanol–water partition coefficient (Wildman–Crippen LogP) is 6.63. The number of H-pyrrole nitrogens is 1.